The molecule has 0 aliphatic carbocycles. The second kappa shape index (κ2) is 6.91. The summed E-state index contributed by atoms with van der Waals surface area (Å²) in [5.74, 6) is 3.99. The Hall–Kier alpha value is -2.55. The molecule has 1 N–H and O–H groups in total. The monoisotopic (exact) mass is 327 g/mol. The van der Waals surface area contributed by atoms with Gasteiger partial charge in [-0.15, -0.1) is 12.3 Å². The minimum Gasteiger partial charge on any atom is -0.497 e. The molecular weight excluding hydrogens is 306 g/mol. The molecule has 0 fully saturated rings. The second-order valence-corrected chi connectivity index (χ2v) is 6.11. The van der Waals surface area contributed by atoms with Crippen molar-refractivity contribution in [3.05, 3.63) is 23.8 Å². The normalized spacial score (nSPS) is 19.6. The first-order valence-corrected chi connectivity index (χ1v) is 8.11. The molecule has 6 heteroatoms. The molecular formula is C18H21N3O3. The molecule has 1 atom stereocenters. The average Bonchev–Trinajstić information content (AvgIpc) is 3.39. The number of carbonyl (C=O) groups is 1. The van der Waals surface area contributed by atoms with Crippen molar-refractivity contribution in [2.24, 2.45) is 16.1 Å². The van der Waals surface area contributed by atoms with Gasteiger partial charge in [0.2, 0.25) is 5.91 Å². The van der Waals surface area contributed by atoms with Crippen LogP contribution in [-0.2, 0) is 11.2 Å². The zero-order valence-electron chi connectivity index (χ0n) is 13.7. The van der Waals surface area contributed by atoms with Gasteiger partial charge in [0, 0.05) is 25.8 Å². The number of carbonyl (C=O) groups excluding carboxylic acids is 1. The molecule has 1 amide bonds. The van der Waals surface area contributed by atoms with E-state index in [1.165, 1.54) is 0 Å². The van der Waals surface area contributed by atoms with E-state index in [-0.39, 0.29) is 17.5 Å². The fraction of sp³-hybridized carbons (Fsp3) is 0.500. The zero-order valence-corrected chi connectivity index (χ0v) is 13.7. The molecule has 0 bridgehead atoms. The largest absolute Gasteiger partial charge is 0.497 e. The summed E-state index contributed by atoms with van der Waals surface area (Å²) in [6, 6.07) is 5.66. The van der Waals surface area contributed by atoms with Crippen molar-refractivity contribution >= 4 is 5.91 Å². The SMILES string of the molecule is C#CCCC1(CCNC(=O)C2COc3ccc(OC)cc3C2)N=N1. The number of amides is 1. The fourth-order valence-electron chi connectivity index (χ4n) is 2.86. The number of hydrogen-bond donors (Lipinski definition) is 1. The summed E-state index contributed by atoms with van der Waals surface area (Å²) in [5.41, 5.74) is 0.640. The molecule has 1 aromatic rings. The summed E-state index contributed by atoms with van der Waals surface area (Å²) in [5, 5.41) is 11.1. The van der Waals surface area contributed by atoms with E-state index in [1.807, 2.05) is 18.2 Å². The van der Waals surface area contributed by atoms with Gasteiger partial charge >= 0.3 is 0 Å². The van der Waals surface area contributed by atoms with Crippen molar-refractivity contribution in [1.82, 2.24) is 5.32 Å². The lowest BCUT2D eigenvalue weighted by Crippen LogP contribution is -2.38. The van der Waals surface area contributed by atoms with Gasteiger partial charge in [0.25, 0.3) is 0 Å². The third-order valence-corrected chi connectivity index (χ3v) is 4.42. The maximum absolute atomic E-state index is 12.4. The topological polar surface area (TPSA) is 72.3 Å². The minimum absolute atomic E-state index is 0.00350. The van der Waals surface area contributed by atoms with E-state index in [2.05, 4.69) is 21.5 Å². The highest BCUT2D eigenvalue weighted by molar-refractivity contribution is 5.79. The van der Waals surface area contributed by atoms with E-state index in [4.69, 9.17) is 15.9 Å². The van der Waals surface area contributed by atoms with Gasteiger partial charge in [-0.05, 0) is 30.2 Å². The molecule has 0 radical (unpaired) electrons. The van der Waals surface area contributed by atoms with Crippen LogP contribution in [0.2, 0.25) is 0 Å². The molecule has 6 nitrogen and oxygen atoms in total. The van der Waals surface area contributed by atoms with Gasteiger partial charge in [0.1, 0.15) is 18.1 Å². The van der Waals surface area contributed by atoms with Crippen LogP contribution < -0.4 is 14.8 Å². The van der Waals surface area contributed by atoms with Gasteiger partial charge in [-0.1, -0.05) is 0 Å². The predicted molar refractivity (Wildman–Crippen MR) is 89.0 cm³/mol. The number of fused-ring (bicyclic) bond motifs is 1. The number of nitrogens with one attached hydrogen (secondary N) is 1. The van der Waals surface area contributed by atoms with Gasteiger partial charge in [0.05, 0.1) is 13.0 Å². The molecule has 0 saturated heterocycles. The van der Waals surface area contributed by atoms with Crippen molar-refractivity contribution in [2.75, 3.05) is 20.3 Å². The highest BCUT2D eigenvalue weighted by atomic mass is 16.5. The van der Waals surface area contributed by atoms with Crippen molar-refractivity contribution in [3.63, 3.8) is 0 Å². The Bertz CT molecular complexity index is 687. The summed E-state index contributed by atoms with van der Waals surface area (Å²) in [6.45, 7) is 0.931. The Morgan fingerprint density at radius 2 is 2.33 bits per heavy atom. The smallest absolute Gasteiger partial charge is 0.226 e. The Kier molecular flexibility index (Phi) is 4.70. The highest BCUT2D eigenvalue weighted by Crippen LogP contribution is 2.36. The van der Waals surface area contributed by atoms with Crippen LogP contribution in [0.25, 0.3) is 0 Å². The van der Waals surface area contributed by atoms with E-state index in [9.17, 15) is 4.79 Å². The van der Waals surface area contributed by atoms with E-state index in [0.29, 0.717) is 32.4 Å². The summed E-state index contributed by atoms with van der Waals surface area (Å²) in [4.78, 5) is 12.4. The standard InChI is InChI=1S/C18H21N3O3/c1-3-4-7-18(20-21-18)8-9-19-17(22)14-10-13-11-15(23-2)5-6-16(13)24-12-14/h1,5-6,11,14H,4,7-10,12H2,2H3,(H,19,22). The van der Waals surface area contributed by atoms with E-state index in [1.54, 1.807) is 7.11 Å². The van der Waals surface area contributed by atoms with Crippen molar-refractivity contribution in [1.29, 1.82) is 0 Å². The summed E-state index contributed by atoms with van der Waals surface area (Å²) >= 11 is 0. The first-order chi connectivity index (χ1) is 11.7. The molecule has 1 aromatic carbocycles. The predicted octanol–water partition coefficient (Wildman–Crippen LogP) is 2.33. The number of nitrogens with zero attached hydrogens (tertiary/aromatic N) is 2. The Morgan fingerprint density at radius 1 is 1.50 bits per heavy atom. The van der Waals surface area contributed by atoms with Crippen LogP contribution >= 0.6 is 0 Å². The van der Waals surface area contributed by atoms with Crippen LogP contribution in [0.4, 0.5) is 0 Å². The summed E-state index contributed by atoms with van der Waals surface area (Å²) in [6.07, 6.45) is 8.01. The minimum atomic E-state index is -0.358. The Balaban J connectivity index is 1.49. The fourth-order valence-corrected chi connectivity index (χ4v) is 2.86. The van der Waals surface area contributed by atoms with Gasteiger partial charge in [-0.25, -0.2) is 0 Å². The van der Waals surface area contributed by atoms with Crippen LogP contribution in [0.1, 0.15) is 24.8 Å². The molecule has 0 spiro atoms. The molecule has 3 rings (SSSR count). The Morgan fingerprint density at radius 3 is 3.04 bits per heavy atom. The van der Waals surface area contributed by atoms with Crippen LogP contribution in [0.15, 0.2) is 28.4 Å². The third kappa shape index (κ3) is 3.67. The first-order valence-electron chi connectivity index (χ1n) is 8.11. The quantitative estimate of drug-likeness (QED) is 0.781. The van der Waals surface area contributed by atoms with E-state index < -0.39 is 0 Å². The molecule has 1 unspecified atom stereocenters. The lowest BCUT2D eigenvalue weighted by molar-refractivity contribution is -0.126. The number of hydrogen-bond acceptors (Lipinski definition) is 5. The summed E-state index contributed by atoms with van der Waals surface area (Å²) < 4.78 is 10.9. The van der Waals surface area contributed by atoms with Gasteiger partial charge in [-0.3, -0.25) is 4.79 Å². The van der Waals surface area contributed by atoms with Crippen LogP contribution in [-0.4, -0.2) is 31.8 Å². The number of terminal acetylenes is 1. The lowest BCUT2D eigenvalue weighted by Gasteiger charge is -2.25. The number of methoxy groups -OCH3 is 1. The molecule has 2 heterocycles. The molecule has 0 aromatic heterocycles. The van der Waals surface area contributed by atoms with Crippen LogP contribution in [0.3, 0.4) is 0 Å². The molecule has 24 heavy (non-hydrogen) atoms. The molecule has 2 aliphatic rings. The van der Waals surface area contributed by atoms with Gasteiger partial charge in [-0.2, -0.15) is 10.2 Å². The average molecular weight is 327 g/mol. The second-order valence-electron chi connectivity index (χ2n) is 6.11. The van der Waals surface area contributed by atoms with Crippen LogP contribution in [0, 0.1) is 18.3 Å². The lowest BCUT2D eigenvalue weighted by atomic mass is 9.95. The van der Waals surface area contributed by atoms with E-state index in [0.717, 1.165) is 23.5 Å². The van der Waals surface area contributed by atoms with Crippen molar-refractivity contribution in [2.45, 2.75) is 31.3 Å². The van der Waals surface area contributed by atoms with Crippen molar-refractivity contribution in [3.8, 4) is 23.8 Å². The maximum Gasteiger partial charge on any atom is 0.226 e. The van der Waals surface area contributed by atoms with Crippen molar-refractivity contribution < 1.29 is 14.3 Å². The molecule has 126 valence electrons. The molecule has 0 saturated carbocycles. The van der Waals surface area contributed by atoms with E-state index >= 15 is 0 Å². The number of benzene rings is 1. The summed E-state index contributed by atoms with van der Waals surface area (Å²) in [7, 11) is 1.62. The first kappa shape index (κ1) is 16.3. The van der Waals surface area contributed by atoms with Gasteiger partial charge in [0.15, 0.2) is 5.66 Å². The zero-order chi connectivity index (χ0) is 17.0. The number of rotatable bonds is 7. The third-order valence-electron chi connectivity index (χ3n) is 4.42. The number of ether oxygens (including phenoxy) is 2. The van der Waals surface area contributed by atoms with Crippen LogP contribution in [0.5, 0.6) is 11.5 Å². The maximum atomic E-state index is 12.4. The highest BCUT2D eigenvalue weighted by Gasteiger charge is 2.38. The van der Waals surface area contributed by atoms with Gasteiger partial charge < -0.3 is 14.8 Å². The molecule has 2 aliphatic heterocycles. The Labute approximate surface area is 141 Å².